The van der Waals surface area contributed by atoms with E-state index < -0.39 is 15.9 Å². The van der Waals surface area contributed by atoms with Gasteiger partial charge in [0, 0.05) is 13.0 Å². The summed E-state index contributed by atoms with van der Waals surface area (Å²) in [6, 6.07) is 0. The van der Waals surface area contributed by atoms with Gasteiger partial charge in [-0.25, -0.2) is 18.1 Å². The highest BCUT2D eigenvalue weighted by Gasteiger charge is 2.15. The fourth-order valence-electron chi connectivity index (χ4n) is 0.921. The van der Waals surface area contributed by atoms with Crippen LogP contribution < -0.4 is 10.5 Å². The molecule has 8 heteroatoms. The molecule has 0 atom stereocenters. The zero-order valence-electron chi connectivity index (χ0n) is 8.15. The molecule has 1 rings (SSSR count). The van der Waals surface area contributed by atoms with Gasteiger partial charge in [0.25, 0.3) is 10.0 Å². The third kappa shape index (κ3) is 3.33. The summed E-state index contributed by atoms with van der Waals surface area (Å²) >= 11 is 0. The van der Waals surface area contributed by atoms with Crippen molar-refractivity contribution in [2.45, 2.75) is 18.4 Å². The Labute approximate surface area is 87.1 Å². The fourth-order valence-corrected chi connectivity index (χ4v) is 1.92. The first-order chi connectivity index (χ1) is 6.92. The molecule has 0 spiro atoms. The Morgan fingerprint density at radius 2 is 2.33 bits per heavy atom. The summed E-state index contributed by atoms with van der Waals surface area (Å²) < 4.78 is 25.2. The average molecular weight is 232 g/mol. The predicted molar refractivity (Wildman–Crippen MR) is 52.3 cm³/mol. The number of aryl methyl sites for hydroxylation is 1. The number of nitrogens with two attached hydrogens (primary N) is 1. The van der Waals surface area contributed by atoms with Crippen molar-refractivity contribution in [1.29, 1.82) is 0 Å². The summed E-state index contributed by atoms with van der Waals surface area (Å²) in [5, 5.41) is -0.0236. The molecular weight excluding hydrogens is 220 g/mol. The number of rotatable bonds is 5. The number of amides is 1. The van der Waals surface area contributed by atoms with Crippen LogP contribution >= 0.6 is 0 Å². The van der Waals surface area contributed by atoms with Crippen LogP contribution in [0.2, 0.25) is 0 Å². The third-order valence-corrected chi connectivity index (χ3v) is 3.00. The Hall–Kier alpha value is -1.41. The Balaban J connectivity index is 2.64. The van der Waals surface area contributed by atoms with Gasteiger partial charge < -0.3 is 10.7 Å². The molecule has 1 heterocycles. The quantitative estimate of drug-likeness (QED) is 0.595. The van der Waals surface area contributed by atoms with E-state index >= 15 is 0 Å². The van der Waals surface area contributed by atoms with Crippen LogP contribution in [0.3, 0.4) is 0 Å². The molecule has 1 aromatic heterocycles. The van der Waals surface area contributed by atoms with Gasteiger partial charge in [-0.3, -0.25) is 4.79 Å². The maximum absolute atomic E-state index is 11.5. The lowest BCUT2D eigenvalue weighted by Gasteiger charge is -2.02. The SMILES string of the molecule is Cc1ncc(S(=O)(=O)NCCC(N)=O)[nH]1. The van der Waals surface area contributed by atoms with E-state index in [4.69, 9.17) is 5.73 Å². The fraction of sp³-hybridized carbons (Fsp3) is 0.429. The van der Waals surface area contributed by atoms with Gasteiger partial charge in [-0.05, 0) is 6.92 Å². The molecule has 15 heavy (non-hydrogen) atoms. The molecule has 84 valence electrons. The average Bonchev–Trinajstić information content (AvgIpc) is 2.51. The van der Waals surface area contributed by atoms with Gasteiger partial charge in [0.15, 0.2) is 5.03 Å². The van der Waals surface area contributed by atoms with Crippen LogP contribution in [0.15, 0.2) is 11.2 Å². The molecule has 0 bridgehead atoms. The van der Waals surface area contributed by atoms with Crippen molar-refractivity contribution in [3.63, 3.8) is 0 Å². The van der Waals surface area contributed by atoms with Crippen molar-refractivity contribution in [2.24, 2.45) is 5.73 Å². The maximum Gasteiger partial charge on any atom is 0.257 e. The van der Waals surface area contributed by atoms with Crippen molar-refractivity contribution in [1.82, 2.24) is 14.7 Å². The van der Waals surface area contributed by atoms with Crippen LogP contribution in [-0.2, 0) is 14.8 Å². The molecule has 7 nitrogen and oxygen atoms in total. The number of aromatic nitrogens is 2. The van der Waals surface area contributed by atoms with Gasteiger partial charge in [-0.15, -0.1) is 0 Å². The molecule has 0 saturated carbocycles. The van der Waals surface area contributed by atoms with Gasteiger partial charge in [0.2, 0.25) is 5.91 Å². The largest absolute Gasteiger partial charge is 0.370 e. The van der Waals surface area contributed by atoms with Gasteiger partial charge >= 0.3 is 0 Å². The number of carbonyl (C=O) groups excluding carboxylic acids is 1. The molecule has 0 aromatic carbocycles. The molecule has 1 aromatic rings. The molecule has 0 aliphatic heterocycles. The zero-order chi connectivity index (χ0) is 11.5. The highest BCUT2D eigenvalue weighted by Crippen LogP contribution is 2.03. The van der Waals surface area contributed by atoms with E-state index in [0.717, 1.165) is 0 Å². The Bertz CT molecular complexity index is 451. The molecule has 4 N–H and O–H groups in total. The molecule has 0 unspecified atom stereocenters. The van der Waals surface area contributed by atoms with Gasteiger partial charge in [-0.1, -0.05) is 0 Å². The lowest BCUT2D eigenvalue weighted by molar-refractivity contribution is -0.117. The molecule has 1 amide bonds. The van der Waals surface area contributed by atoms with Crippen LogP contribution in [0.4, 0.5) is 0 Å². The van der Waals surface area contributed by atoms with Crippen molar-refractivity contribution in [2.75, 3.05) is 6.54 Å². The van der Waals surface area contributed by atoms with Gasteiger partial charge in [0.1, 0.15) is 5.82 Å². The van der Waals surface area contributed by atoms with Crippen LogP contribution in [0.5, 0.6) is 0 Å². The highest BCUT2D eigenvalue weighted by molar-refractivity contribution is 7.89. The van der Waals surface area contributed by atoms with Gasteiger partial charge in [-0.2, -0.15) is 0 Å². The molecule has 0 radical (unpaired) electrons. The monoisotopic (exact) mass is 232 g/mol. The van der Waals surface area contributed by atoms with Crippen LogP contribution in [0, 0.1) is 6.92 Å². The normalized spacial score (nSPS) is 11.5. The molecule has 0 aliphatic rings. The lowest BCUT2D eigenvalue weighted by Crippen LogP contribution is -2.28. The van der Waals surface area contributed by atoms with Gasteiger partial charge in [0.05, 0.1) is 6.20 Å². The zero-order valence-corrected chi connectivity index (χ0v) is 8.97. The number of sulfonamides is 1. The van der Waals surface area contributed by atoms with E-state index in [1.54, 1.807) is 6.92 Å². The van der Waals surface area contributed by atoms with Crippen molar-refractivity contribution in [3.05, 3.63) is 12.0 Å². The van der Waals surface area contributed by atoms with Crippen molar-refractivity contribution in [3.8, 4) is 0 Å². The van der Waals surface area contributed by atoms with E-state index in [1.807, 2.05) is 0 Å². The third-order valence-electron chi connectivity index (χ3n) is 1.63. The molecule has 0 fully saturated rings. The minimum Gasteiger partial charge on any atom is -0.370 e. The first kappa shape index (κ1) is 11.7. The Morgan fingerprint density at radius 1 is 1.67 bits per heavy atom. The number of aromatic amines is 1. The number of nitrogens with one attached hydrogen (secondary N) is 2. The lowest BCUT2D eigenvalue weighted by atomic mass is 10.4. The van der Waals surface area contributed by atoms with Crippen LogP contribution in [-0.4, -0.2) is 30.8 Å². The van der Waals surface area contributed by atoms with Crippen LogP contribution in [0.25, 0.3) is 0 Å². The maximum atomic E-state index is 11.5. The Kier molecular flexibility index (Phi) is 3.43. The van der Waals surface area contributed by atoms with E-state index in [0.29, 0.717) is 5.82 Å². The highest BCUT2D eigenvalue weighted by atomic mass is 32.2. The topological polar surface area (TPSA) is 118 Å². The first-order valence-electron chi connectivity index (χ1n) is 4.21. The summed E-state index contributed by atoms with van der Waals surface area (Å²) in [6.07, 6.45) is 1.17. The standard InChI is InChI=1S/C7H12N4O3S/c1-5-9-4-7(11-5)15(13,14)10-3-2-6(8)12/h4,10H,2-3H2,1H3,(H2,8,12)(H,9,11). The second-order valence-electron chi connectivity index (χ2n) is 2.95. The summed E-state index contributed by atoms with van der Waals surface area (Å²) in [7, 11) is -3.61. The molecule has 0 aliphatic carbocycles. The Morgan fingerprint density at radius 3 is 2.80 bits per heavy atom. The number of imidazole rings is 1. The number of hydrogen-bond donors (Lipinski definition) is 3. The number of carbonyl (C=O) groups is 1. The van der Waals surface area contributed by atoms with E-state index in [9.17, 15) is 13.2 Å². The summed E-state index contributed by atoms with van der Waals surface area (Å²) in [5.41, 5.74) is 4.87. The first-order valence-corrected chi connectivity index (χ1v) is 5.70. The van der Waals surface area contributed by atoms with E-state index in [1.165, 1.54) is 6.20 Å². The molecular formula is C7H12N4O3S. The smallest absolute Gasteiger partial charge is 0.257 e. The summed E-state index contributed by atoms with van der Waals surface area (Å²) in [6.45, 7) is 1.62. The van der Waals surface area contributed by atoms with Crippen LogP contribution in [0.1, 0.15) is 12.2 Å². The minimum absolute atomic E-state index is 0.0181. The second kappa shape index (κ2) is 4.41. The van der Waals surface area contributed by atoms with E-state index in [2.05, 4.69) is 14.7 Å². The van der Waals surface area contributed by atoms with Crippen molar-refractivity contribution >= 4 is 15.9 Å². The summed E-state index contributed by atoms with van der Waals surface area (Å²) in [5.74, 6) is -0.0521. The number of primary amides is 1. The predicted octanol–water partition coefficient (Wildman–Crippen LogP) is -1.13. The molecule has 0 saturated heterocycles. The summed E-state index contributed by atoms with van der Waals surface area (Å²) in [4.78, 5) is 16.7. The van der Waals surface area contributed by atoms with E-state index in [-0.39, 0.29) is 18.0 Å². The number of hydrogen-bond acceptors (Lipinski definition) is 4. The second-order valence-corrected chi connectivity index (χ2v) is 4.68. The number of H-pyrrole nitrogens is 1. The van der Waals surface area contributed by atoms with Crippen molar-refractivity contribution < 1.29 is 13.2 Å². The number of nitrogens with zero attached hydrogens (tertiary/aromatic N) is 1. The minimum atomic E-state index is -3.61.